The third kappa shape index (κ3) is 4.25. The summed E-state index contributed by atoms with van der Waals surface area (Å²) in [5.41, 5.74) is 7.90. The fraction of sp³-hybridized carbons (Fsp3) is 0.667. The molecule has 2 saturated carbocycles. The Labute approximate surface area is 164 Å². The average molecular weight is 390 g/mol. The molecule has 26 heavy (non-hydrogen) atoms. The van der Waals surface area contributed by atoms with Gasteiger partial charge in [0.1, 0.15) is 5.78 Å². The van der Waals surface area contributed by atoms with Gasteiger partial charge in [-0.2, -0.15) is 0 Å². The van der Waals surface area contributed by atoms with Crippen molar-refractivity contribution in [1.29, 1.82) is 0 Å². The molecule has 2 fully saturated rings. The summed E-state index contributed by atoms with van der Waals surface area (Å²) < 4.78 is 0. The number of ketones is 2. The Balaban J connectivity index is 1.58. The van der Waals surface area contributed by atoms with Gasteiger partial charge >= 0.3 is 0 Å². The zero-order chi connectivity index (χ0) is 18.3. The highest BCUT2D eigenvalue weighted by Crippen LogP contribution is 2.41. The highest BCUT2D eigenvalue weighted by atomic mass is 32.1. The number of carbonyl (C=O) groups excluding carboxylic acids is 2. The third-order valence-electron chi connectivity index (χ3n) is 6.05. The number of aryl methyl sites for hydroxylation is 1. The molecule has 1 aromatic heterocycles. The lowest BCUT2D eigenvalue weighted by Gasteiger charge is -2.22. The second kappa shape index (κ2) is 7.51. The Kier molecular flexibility index (Phi) is 5.29. The van der Waals surface area contributed by atoms with Gasteiger partial charge in [-0.1, -0.05) is 25.1 Å². The monoisotopic (exact) mass is 389 g/mol. The molecular weight excluding hydrogens is 362 g/mol. The number of fused-ring (bicyclic) bond motifs is 1. The Morgan fingerprint density at radius 3 is 2.54 bits per heavy atom. The summed E-state index contributed by atoms with van der Waals surface area (Å²) in [4.78, 5) is 28.4. The van der Waals surface area contributed by atoms with Crippen LogP contribution >= 0.6 is 23.6 Å². The van der Waals surface area contributed by atoms with Gasteiger partial charge in [-0.15, -0.1) is 11.3 Å². The number of rotatable bonds is 9. The summed E-state index contributed by atoms with van der Waals surface area (Å²) in [7, 11) is 0. The topological polar surface area (TPSA) is 60.2 Å². The molecule has 2 N–H and O–H groups in total. The molecular formula is C21H27NO2S2. The van der Waals surface area contributed by atoms with Gasteiger partial charge in [-0.05, 0) is 55.9 Å². The Morgan fingerprint density at radius 1 is 1.12 bits per heavy atom. The van der Waals surface area contributed by atoms with Crippen LogP contribution in [0.2, 0.25) is 0 Å². The fourth-order valence-electron chi connectivity index (χ4n) is 4.19. The zero-order valence-corrected chi connectivity index (χ0v) is 16.9. The third-order valence-corrected chi connectivity index (χ3v) is 7.51. The van der Waals surface area contributed by atoms with E-state index in [0.29, 0.717) is 29.5 Å². The van der Waals surface area contributed by atoms with Crippen molar-refractivity contribution >= 4 is 40.1 Å². The molecule has 0 saturated heterocycles. The lowest BCUT2D eigenvalue weighted by atomic mass is 9.82. The molecule has 1 heterocycles. The van der Waals surface area contributed by atoms with E-state index < -0.39 is 0 Å². The zero-order valence-electron chi connectivity index (χ0n) is 15.2. The minimum Gasteiger partial charge on any atom is -0.393 e. The molecule has 1 aromatic rings. The first kappa shape index (κ1) is 18.3. The molecule has 3 nitrogen and oxygen atoms in total. The van der Waals surface area contributed by atoms with Crippen molar-refractivity contribution in [3.8, 4) is 0 Å². The van der Waals surface area contributed by atoms with Gasteiger partial charge in [0.25, 0.3) is 0 Å². The summed E-state index contributed by atoms with van der Waals surface area (Å²) in [6.07, 6.45) is 10.5. The molecule has 140 valence electrons. The van der Waals surface area contributed by atoms with Crippen molar-refractivity contribution in [3.05, 3.63) is 20.9 Å². The lowest BCUT2D eigenvalue weighted by Crippen LogP contribution is -2.21. The molecule has 4 rings (SSSR count). The lowest BCUT2D eigenvalue weighted by molar-refractivity contribution is -0.119. The van der Waals surface area contributed by atoms with E-state index in [1.807, 2.05) is 0 Å². The van der Waals surface area contributed by atoms with Crippen molar-refractivity contribution in [3.63, 3.8) is 0 Å². The molecule has 3 aliphatic carbocycles. The van der Waals surface area contributed by atoms with Crippen molar-refractivity contribution in [1.82, 2.24) is 0 Å². The van der Waals surface area contributed by atoms with Crippen LogP contribution in [-0.2, 0) is 24.1 Å². The van der Waals surface area contributed by atoms with Gasteiger partial charge in [0.15, 0.2) is 5.78 Å². The SMILES string of the molecule is NC(=S)CC1CCc2sc(CC(=O)C3CC3)c(C(=O)CCC3CC3)c2C1. The summed E-state index contributed by atoms with van der Waals surface area (Å²) in [6, 6.07) is 0. The van der Waals surface area contributed by atoms with Crippen molar-refractivity contribution in [2.24, 2.45) is 23.5 Å². The standard InChI is InChI=1S/C21H27NO2S2/c22-20(25)10-13-4-8-18-15(9-13)21(16(23)7-3-12-1-2-12)19(26-18)11-17(24)14-5-6-14/h12-14H,1-11H2,(H2,22,25). The highest BCUT2D eigenvalue weighted by Gasteiger charge is 2.34. The minimum absolute atomic E-state index is 0.255. The average Bonchev–Trinajstić information content (AvgIpc) is 3.49. The fourth-order valence-corrected chi connectivity index (χ4v) is 5.81. The van der Waals surface area contributed by atoms with Crippen molar-refractivity contribution in [2.45, 2.75) is 70.6 Å². The summed E-state index contributed by atoms with van der Waals surface area (Å²) in [6.45, 7) is 0. The quantitative estimate of drug-likeness (QED) is 0.501. The predicted molar refractivity (Wildman–Crippen MR) is 109 cm³/mol. The molecule has 0 aliphatic heterocycles. The highest BCUT2D eigenvalue weighted by molar-refractivity contribution is 7.80. The van der Waals surface area contributed by atoms with E-state index in [0.717, 1.165) is 61.3 Å². The van der Waals surface area contributed by atoms with Crippen molar-refractivity contribution < 1.29 is 9.59 Å². The van der Waals surface area contributed by atoms with Gasteiger partial charge in [-0.3, -0.25) is 9.59 Å². The van der Waals surface area contributed by atoms with Crippen LogP contribution in [-0.4, -0.2) is 16.6 Å². The van der Waals surface area contributed by atoms with E-state index in [4.69, 9.17) is 18.0 Å². The second-order valence-electron chi connectivity index (χ2n) is 8.40. The van der Waals surface area contributed by atoms with Crippen LogP contribution in [0.4, 0.5) is 0 Å². The first-order chi connectivity index (χ1) is 12.5. The number of thiocarbonyl (C=S) groups is 1. The van der Waals surface area contributed by atoms with E-state index in [-0.39, 0.29) is 11.7 Å². The van der Waals surface area contributed by atoms with Gasteiger partial charge in [-0.25, -0.2) is 0 Å². The maximum absolute atomic E-state index is 13.1. The smallest absolute Gasteiger partial charge is 0.164 e. The van der Waals surface area contributed by atoms with Crippen LogP contribution in [0.1, 0.15) is 77.0 Å². The first-order valence-corrected chi connectivity index (χ1v) is 11.2. The number of carbonyl (C=O) groups is 2. The van der Waals surface area contributed by atoms with E-state index >= 15 is 0 Å². The molecule has 0 bridgehead atoms. The molecule has 0 aromatic carbocycles. The summed E-state index contributed by atoms with van der Waals surface area (Å²) in [5, 5.41) is 0. The second-order valence-corrected chi connectivity index (χ2v) is 10.1. The molecule has 1 atom stereocenters. The van der Waals surface area contributed by atoms with E-state index in [1.54, 1.807) is 11.3 Å². The van der Waals surface area contributed by atoms with Crippen LogP contribution in [0.5, 0.6) is 0 Å². The number of nitrogens with two attached hydrogens (primary N) is 1. The summed E-state index contributed by atoms with van der Waals surface area (Å²) >= 11 is 6.83. The molecule has 3 aliphatic rings. The minimum atomic E-state index is 0.255. The maximum atomic E-state index is 13.1. The maximum Gasteiger partial charge on any atom is 0.164 e. The Bertz CT molecular complexity index is 743. The Morgan fingerprint density at radius 2 is 1.88 bits per heavy atom. The van der Waals surface area contributed by atoms with Crippen LogP contribution in [0.25, 0.3) is 0 Å². The van der Waals surface area contributed by atoms with E-state index in [9.17, 15) is 9.59 Å². The molecule has 1 unspecified atom stereocenters. The van der Waals surface area contributed by atoms with Crippen LogP contribution in [0.15, 0.2) is 0 Å². The molecule has 5 heteroatoms. The number of Topliss-reactive ketones (excluding diaryl/α,β-unsaturated/α-hetero) is 2. The van der Waals surface area contributed by atoms with E-state index in [2.05, 4.69) is 0 Å². The summed E-state index contributed by atoms with van der Waals surface area (Å²) in [5.74, 6) is 2.05. The Hall–Kier alpha value is -1.07. The number of hydrogen-bond acceptors (Lipinski definition) is 4. The van der Waals surface area contributed by atoms with Crippen molar-refractivity contribution in [2.75, 3.05) is 0 Å². The normalized spacial score (nSPS) is 22.1. The van der Waals surface area contributed by atoms with Gasteiger partial charge in [0.2, 0.25) is 0 Å². The van der Waals surface area contributed by atoms with E-state index in [1.165, 1.54) is 23.3 Å². The van der Waals surface area contributed by atoms with Crippen LogP contribution in [0, 0.1) is 17.8 Å². The van der Waals surface area contributed by atoms with Gasteiger partial charge in [0.05, 0.1) is 4.99 Å². The largest absolute Gasteiger partial charge is 0.393 e. The first-order valence-electron chi connectivity index (χ1n) is 9.99. The van der Waals surface area contributed by atoms with Crippen LogP contribution < -0.4 is 5.73 Å². The molecule has 0 amide bonds. The van der Waals surface area contributed by atoms with Gasteiger partial charge < -0.3 is 5.73 Å². The van der Waals surface area contributed by atoms with Gasteiger partial charge in [0, 0.05) is 40.5 Å². The number of thiophene rings is 1. The molecule has 0 spiro atoms. The number of hydrogen-bond donors (Lipinski definition) is 1. The molecule has 0 radical (unpaired) electrons. The van der Waals surface area contributed by atoms with Crippen LogP contribution in [0.3, 0.4) is 0 Å². The predicted octanol–water partition coefficient (Wildman–Crippen LogP) is 4.42.